The number of esters is 1. The lowest BCUT2D eigenvalue weighted by molar-refractivity contribution is -0.140. The first-order chi connectivity index (χ1) is 15.2. The number of carbonyl (C=O) groups is 2. The SMILES string of the molecule is CCOC(=O)c1cnn(-c2ccc(S(=O)(=O)N[C@@]3(C(=O)O)C(C)[C@H]3c3ccccc3)s2)c1. The van der Waals surface area contributed by atoms with Crippen LogP contribution in [0, 0.1) is 5.92 Å². The Balaban J connectivity index is 1.59. The van der Waals surface area contributed by atoms with Crippen molar-refractivity contribution in [3.63, 3.8) is 0 Å². The lowest BCUT2D eigenvalue weighted by atomic mass is 10.1. The highest BCUT2D eigenvalue weighted by atomic mass is 32.2. The third kappa shape index (κ3) is 3.72. The van der Waals surface area contributed by atoms with E-state index in [9.17, 15) is 23.1 Å². The van der Waals surface area contributed by atoms with Gasteiger partial charge in [0, 0.05) is 12.1 Å². The highest BCUT2D eigenvalue weighted by Crippen LogP contribution is 2.58. The number of benzene rings is 1. The maximum absolute atomic E-state index is 13.1. The number of carbonyl (C=O) groups excluding carboxylic acids is 1. The Morgan fingerprint density at radius 1 is 1.25 bits per heavy atom. The molecule has 0 radical (unpaired) electrons. The molecule has 0 aliphatic heterocycles. The van der Waals surface area contributed by atoms with Gasteiger partial charge in [-0.1, -0.05) is 37.3 Å². The molecule has 32 heavy (non-hydrogen) atoms. The smallest absolute Gasteiger partial charge is 0.341 e. The fourth-order valence-electron chi connectivity index (χ4n) is 3.91. The number of ether oxygens (including phenoxy) is 1. The number of sulfonamides is 1. The summed E-state index contributed by atoms with van der Waals surface area (Å²) in [5.74, 6) is -2.64. The number of aromatic nitrogens is 2. The zero-order valence-electron chi connectivity index (χ0n) is 17.3. The first-order valence-corrected chi connectivity index (χ1v) is 12.1. The lowest BCUT2D eigenvalue weighted by Gasteiger charge is -2.15. The second-order valence-electron chi connectivity index (χ2n) is 7.44. The molecule has 1 aromatic carbocycles. The van der Waals surface area contributed by atoms with Gasteiger partial charge in [0.1, 0.15) is 14.7 Å². The Labute approximate surface area is 188 Å². The summed E-state index contributed by atoms with van der Waals surface area (Å²) in [6, 6.07) is 11.9. The van der Waals surface area contributed by atoms with Crippen LogP contribution in [0.4, 0.5) is 0 Å². The van der Waals surface area contributed by atoms with Gasteiger partial charge in [-0.3, -0.25) is 4.79 Å². The van der Waals surface area contributed by atoms with E-state index in [1.807, 2.05) is 6.07 Å². The van der Waals surface area contributed by atoms with Crippen molar-refractivity contribution in [2.45, 2.75) is 29.5 Å². The second kappa shape index (κ2) is 8.15. The first kappa shape index (κ1) is 22.2. The van der Waals surface area contributed by atoms with Crippen molar-refractivity contribution in [2.24, 2.45) is 5.92 Å². The van der Waals surface area contributed by atoms with Gasteiger partial charge >= 0.3 is 11.9 Å². The highest BCUT2D eigenvalue weighted by molar-refractivity contribution is 7.91. The van der Waals surface area contributed by atoms with Crippen LogP contribution in [0.15, 0.2) is 59.1 Å². The van der Waals surface area contributed by atoms with E-state index in [0.717, 1.165) is 16.9 Å². The van der Waals surface area contributed by atoms with E-state index in [0.29, 0.717) is 5.00 Å². The molecule has 0 saturated heterocycles. The standard InChI is InChI=1S/C21H21N3O6S2/c1-3-30-19(25)15-11-22-24(12-15)16-9-10-17(31-16)32(28,29)23-21(20(26)27)13(2)18(21)14-7-5-4-6-8-14/h4-13,18,23H,3H2,1-2H3,(H,26,27)/t13?,18-,21-/m0/s1. The molecule has 3 aromatic rings. The van der Waals surface area contributed by atoms with Crippen LogP contribution in [0.2, 0.25) is 0 Å². The Kier molecular flexibility index (Phi) is 5.65. The molecule has 2 N–H and O–H groups in total. The van der Waals surface area contributed by atoms with Crippen molar-refractivity contribution >= 4 is 33.3 Å². The van der Waals surface area contributed by atoms with E-state index in [1.54, 1.807) is 44.2 Å². The number of nitrogens with one attached hydrogen (secondary N) is 1. The van der Waals surface area contributed by atoms with Gasteiger partial charge in [0.2, 0.25) is 0 Å². The van der Waals surface area contributed by atoms with Crippen LogP contribution < -0.4 is 4.72 Å². The number of carboxylic acid groups (broad SMARTS) is 1. The van der Waals surface area contributed by atoms with Gasteiger partial charge in [-0.2, -0.15) is 9.82 Å². The molecule has 2 aromatic heterocycles. The third-order valence-corrected chi connectivity index (χ3v) is 8.62. The van der Waals surface area contributed by atoms with E-state index in [1.165, 1.54) is 23.1 Å². The van der Waals surface area contributed by atoms with E-state index < -0.39 is 39.3 Å². The summed E-state index contributed by atoms with van der Waals surface area (Å²) >= 11 is 0.915. The molecule has 1 aliphatic rings. The molecule has 0 amide bonds. The Hall–Kier alpha value is -3.02. The van der Waals surface area contributed by atoms with Crippen LogP contribution >= 0.6 is 11.3 Å². The van der Waals surface area contributed by atoms with E-state index in [2.05, 4.69) is 9.82 Å². The highest BCUT2D eigenvalue weighted by Gasteiger charge is 2.70. The quantitative estimate of drug-likeness (QED) is 0.479. The Bertz CT molecular complexity index is 1270. The van der Waals surface area contributed by atoms with E-state index >= 15 is 0 Å². The molecule has 0 spiro atoms. The van der Waals surface area contributed by atoms with Crippen LogP contribution in [0.3, 0.4) is 0 Å². The summed E-state index contributed by atoms with van der Waals surface area (Å²) in [7, 11) is -4.12. The van der Waals surface area contributed by atoms with Crippen LogP contribution in [0.5, 0.6) is 0 Å². The number of hydrogen-bond donors (Lipinski definition) is 2. The van der Waals surface area contributed by atoms with Crippen LogP contribution in [0.25, 0.3) is 5.00 Å². The number of hydrogen-bond acceptors (Lipinski definition) is 7. The number of carboxylic acids is 1. The zero-order valence-corrected chi connectivity index (χ0v) is 18.9. The van der Waals surface area contributed by atoms with Gasteiger partial charge in [0.25, 0.3) is 10.0 Å². The molecule has 11 heteroatoms. The zero-order chi connectivity index (χ0) is 23.1. The molecule has 1 aliphatic carbocycles. The maximum Gasteiger partial charge on any atom is 0.341 e. The van der Waals surface area contributed by atoms with Gasteiger partial charge in [-0.15, -0.1) is 11.3 Å². The predicted molar refractivity (Wildman–Crippen MR) is 116 cm³/mol. The average Bonchev–Trinajstić information content (AvgIpc) is 3.20. The van der Waals surface area contributed by atoms with Crippen molar-refractivity contribution in [2.75, 3.05) is 6.61 Å². The molecule has 9 nitrogen and oxygen atoms in total. The van der Waals surface area contributed by atoms with Gasteiger partial charge in [0.05, 0.1) is 18.4 Å². The molecule has 1 unspecified atom stereocenters. The van der Waals surface area contributed by atoms with Gasteiger partial charge in [-0.05, 0) is 30.5 Å². The van der Waals surface area contributed by atoms with Gasteiger partial charge in [0.15, 0.2) is 0 Å². The first-order valence-electron chi connectivity index (χ1n) is 9.85. The van der Waals surface area contributed by atoms with E-state index in [4.69, 9.17) is 4.74 Å². The van der Waals surface area contributed by atoms with Gasteiger partial charge < -0.3 is 9.84 Å². The topological polar surface area (TPSA) is 128 Å². The van der Waals surface area contributed by atoms with Crippen molar-refractivity contribution < 1.29 is 27.9 Å². The lowest BCUT2D eigenvalue weighted by Crippen LogP contribution is -2.45. The minimum atomic E-state index is -4.12. The number of rotatable bonds is 8. The monoisotopic (exact) mass is 475 g/mol. The molecule has 2 heterocycles. The predicted octanol–water partition coefficient (Wildman–Crippen LogP) is 2.65. The van der Waals surface area contributed by atoms with Crippen molar-refractivity contribution in [3.05, 3.63) is 66.0 Å². The third-order valence-electron chi connectivity index (χ3n) is 5.57. The fraction of sp³-hybridized carbons (Fsp3) is 0.286. The van der Waals surface area contributed by atoms with Crippen molar-refractivity contribution in [1.82, 2.24) is 14.5 Å². The summed E-state index contributed by atoms with van der Waals surface area (Å²) in [4.78, 5) is 24.0. The van der Waals surface area contributed by atoms with Crippen LogP contribution in [-0.4, -0.2) is 47.4 Å². The van der Waals surface area contributed by atoms with E-state index in [-0.39, 0.29) is 16.4 Å². The van der Waals surface area contributed by atoms with Gasteiger partial charge in [-0.25, -0.2) is 17.9 Å². The Morgan fingerprint density at radius 2 is 1.97 bits per heavy atom. The maximum atomic E-state index is 13.1. The largest absolute Gasteiger partial charge is 0.480 e. The van der Waals surface area contributed by atoms with Crippen molar-refractivity contribution in [1.29, 1.82) is 0 Å². The molecular formula is C21H21N3O6S2. The normalized spacial score (nSPS) is 22.4. The number of nitrogens with zero attached hydrogens (tertiary/aromatic N) is 2. The Morgan fingerprint density at radius 3 is 2.62 bits per heavy atom. The molecule has 1 fully saturated rings. The second-order valence-corrected chi connectivity index (χ2v) is 10.4. The summed E-state index contributed by atoms with van der Waals surface area (Å²) in [6.07, 6.45) is 2.78. The average molecular weight is 476 g/mol. The summed E-state index contributed by atoms with van der Waals surface area (Å²) in [5, 5.41) is 14.4. The molecular weight excluding hydrogens is 454 g/mol. The molecule has 0 bridgehead atoms. The molecule has 4 rings (SSSR count). The summed E-state index contributed by atoms with van der Waals surface area (Å²) in [6.45, 7) is 3.64. The molecule has 3 atom stereocenters. The molecule has 1 saturated carbocycles. The fourth-order valence-corrected chi connectivity index (χ4v) is 6.60. The minimum Gasteiger partial charge on any atom is -0.480 e. The molecule has 168 valence electrons. The number of thiophene rings is 1. The van der Waals surface area contributed by atoms with Crippen LogP contribution in [0.1, 0.15) is 35.7 Å². The summed E-state index contributed by atoms with van der Waals surface area (Å²) < 4.78 is 34.9. The van der Waals surface area contributed by atoms with Crippen LogP contribution in [-0.2, 0) is 19.6 Å². The minimum absolute atomic E-state index is 0.0489. The number of aliphatic carboxylic acids is 1. The van der Waals surface area contributed by atoms with Crippen molar-refractivity contribution in [3.8, 4) is 5.00 Å². The summed E-state index contributed by atoms with van der Waals surface area (Å²) in [5.41, 5.74) is -0.613.